The van der Waals surface area contributed by atoms with Crippen molar-refractivity contribution < 1.29 is 13.6 Å². The summed E-state index contributed by atoms with van der Waals surface area (Å²) in [5, 5.41) is 0.286. The second-order valence-corrected chi connectivity index (χ2v) is 7.62. The standard InChI is InChI=1S/C11H14Cl3O3P/c1-3-16-18(15,17-4-2)10-8-6-5-7-9(10)11(12,13)14/h5-8H,3-4H2,1-2H3. The van der Waals surface area contributed by atoms with E-state index in [1.165, 1.54) is 0 Å². The first-order valence-electron chi connectivity index (χ1n) is 5.41. The second kappa shape index (κ2) is 6.60. The Kier molecular flexibility index (Phi) is 5.98. The average Bonchev–Trinajstić information content (AvgIpc) is 2.28. The van der Waals surface area contributed by atoms with E-state index in [1.807, 2.05) is 0 Å². The zero-order valence-corrected chi connectivity index (χ0v) is 13.2. The maximum atomic E-state index is 12.7. The molecule has 1 aromatic rings. The Labute approximate surface area is 122 Å². The van der Waals surface area contributed by atoms with Crippen molar-refractivity contribution in [2.45, 2.75) is 17.6 Å². The minimum atomic E-state index is -3.46. The Morgan fingerprint density at radius 1 is 1.11 bits per heavy atom. The van der Waals surface area contributed by atoms with E-state index in [-0.39, 0.29) is 18.5 Å². The minimum Gasteiger partial charge on any atom is -0.305 e. The lowest BCUT2D eigenvalue weighted by molar-refractivity contribution is 0.229. The summed E-state index contributed by atoms with van der Waals surface area (Å²) >= 11 is 17.6. The lowest BCUT2D eigenvalue weighted by atomic mass is 10.2. The van der Waals surface area contributed by atoms with Gasteiger partial charge in [0.1, 0.15) is 0 Å². The second-order valence-electron chi connectivity index (χ2n) is 3.35. The van der Waals surface area contributed by atoms with Crippen LogP contribution >= 0.6 is 42.4 Å². The van der Waals surface area contributed by atoms with E-state index >= 15 is 0 Å². The van der Waals surface area contributed by atoms with Crippen LogP contribution in [-0.4, -0.2) is 13.2 Å². The highest BCUT2D eigenvalue weighted by molar-refractivity contribution is 7.62. The Hall–Kier alpha value is 0.240. The van der Waals surface area contributed by atoms with E-state index in [0.717, 1.165) is 0 Å². The van der Waals surface area contributed by atoms with Crippen molar-refractivity contribution in [3.05, 3.63) is 29.8 Å². The fourth-order valence-electron chi connectivity index (χ4n) is 1.47. The summed E-state index contributed by atoms with van der Waals surface area (Å²) in [4.78, 5) is 0. The van der Waals surface area contributed by atoms with Gasteiger partial charge in [0.25, 0.3) is 0 Å². The van der Waals surface area contributed by atoms with E-state index in [4.69, 9.17) is 43.9 Å². The molecule has 0 aliphatic rings. The first kappa shape index (κ1) is 16.3. The van der Waals surface area contributed by atoms with Gasteiger partial charge in [0.05, 0.1) is 18.5 Å². The third-order valence-corrected chi connectivity index (χ3v) is 4.89. The van der Waals surface area contributed by atoms with E-state index in [0.29, 0.717) is 5.56 Å². The van der Waals surface area contributed by atoms with Crippen molar-refractivity contribution in [1.29, 1.82) is 0 Å². The van der Waals surface area contributed by atoms with Crippen LogP contribution in [0.2, 0.25) is 0 Å². The predicted molar refractivity (Wildman–Crippen MR) is 76.2 cm³/mol. The van der Waals surface area contributed by atoms with Crippen LogP contribution in [0.1, 0.15) is 19.4 Å². The average molecular weight is 332 g/mol. The summed E-state index contributed by atoms with van der Waals surface area (Å²) in [7, 11) is -3.46. The Balaban J connectivity index is 3.33. The van der Waals surface area contributed by atoms with Gasteiger partial charge in [-0.3, -0.25) is 4.57 Å². The molecule has 18 heavy (non-hydrogen) atoms. The van der Waals surface area contributed by atoms with Crippen LogP contribution in [0, 0.1) is 0 Å². The smallest absolute Gasteiger partial charge is 0.305 e. The lowest BCUT2D eigenvalue weighted by Crippen LogP contribution is -2.20. The number of rotatable bonds is 5. The molecule has 0 fully saturated rings. The van der Waals surface area contributed by atoms with Gasteiger partial charge in [0.2, 0.25) is 3.79 Å². The Morgan fingerprint density at radius 2 is 1.61 bits per heavy atom. The molecule has 0 saturated heterocycles. The zero-order valence-electron chi connectivity index (χ0n) is 10.0. The molecule has 0 bridgehead atoms. The van der Waals surface area contributed by atoms with Gasteiger partial charge in [-0.1, -0.05) is 53.0 Å². The van der Waals surface area contributed by atoms with Crippen molar-refractivity contribution in [1.82, 2.24) is 0 Å². The minimum absolute atomic E-state index is 0.242. The van der Waals surface area contributed by atoms with Crippen LogP contribution in [0.3, 0.4) is 0 Å². The molecule has 0 atom stereocenters. The van der Waals surface area contributed by atoms with Crippen LogP contribution < -0.4 is 5.30 Å². The summed E-state index contributed by atoms with van der Waals surface area (Å²) in [6.45, 7) is 3.93. The van der Waals surface area contributed by atoms with Gasteiger partial charge in [0.15, 0.2) is 0 Å². The third kappa shape index (κ3) is 3.86. The molecule has 7 heteroatoms. The summed E-state index contributed by atoms with van der Waals surface area (Å²) in [5.41, 5.74) is 0.306. The van der Waals surface area contributed by atoms with Crippen LogP contribution in [0.5, 0.6) is 0 Å². The summed E-state index contributed by atoms with van der Waals surface area (Å²) in [6, 6.07) is 6.57. The largest absolute Gasteiger partial charge is 0.361 e. The molecule has 0 aromatic heterocycles. The highest BCUT2D eigenvalue weighted by Crippen LogP contribution is 2.51. The normalized spacial score (nSPS) is 12.7. The number of halogens is 3. The van der Waals surface area contributed by atoms with Crippen LogP contribution in [0.4, 0.5) is 0 Å². The van der Waals surface area contributed by atoms with Gasteiger partial charge in [-0.15, -0.1) is 0 Å². The molecule has 0 aliphatic heterocycles. The van der Waals surface area contributed by atoms with Crippen molar-refractivity contribution >= 4 is 47.7 Å². The molecule has 0 spiro atoms. The van der Waals surface area contributed by atoms with E-state index in [1.54, 1.807) is 38.1 Å². The molecule has 3 nitrogen and oxygen atoms in total. The van der Waals surface area contributed by atoms with Gasteiger partial charge >= 0.3 is 7.60 Å². The third-order valence-electron chi connectivity index (χ3n) is 2.10. The summed E-state index contributed by atoms with van der Waals surface area (Å²) in [6.07, 6.45) is 0. The molecule has 102 valence electrons. The maximum absolute atomic E-state index is 12.7. The fourth-order valence-corrected chi connectivity index (χ4v) is 4.00. The summed E-state index contributed by atoms with van der Waals surface area (Å²) < 4.78 is 21.5. The fraction of sp³-hybridized carbons (Fsp3) is 0.455. The lowest BCUT2D eigenvalue weighted by Gasteiger charge is -2.22. The Morgan fingerprint density at radius 3 is 2.06 bits per heavy atom. The molecule has 0 amide bonds. The quantitative estimate of drug-likeness (QED) is 0.592. The van der Waals surface area contributed by atoms with Crippen molar-refractivity contribution in [3.63, 3.8) is 0 Å². The molecular weight excluding hydrogens is 317 g/mol. The molecule has 1 aromatic carbocycles. The highest BCUT2D eigenvalue weighted by atomic mass is 35.6. The van der Waals surface area contributed by atoms with Gasteiger partial charge in [-0.05, 0) is 19.9 Å². The number of benzene rings is 1. The molecule has 0 heterocycles. The molecule has 0 radical (unpaired) electrons. The number of hydrogen-bond acceptors (Lipinski definition) is 3. The first-order valence-corrected chi connectivity index (χ1v) is 8.08. The van der Waals surface area contributed by atoms with Gasteiger partial charge < -0.3 is 9.05 Å². The van der Waals surface area contributed by atoms with Crippen LogP contribution in [-0.2, 0) is 17.4 Å². The van der Waals surface area contributed by atoms with Crippen molar-refractivity contribution in [2.24, 2.45) is 0 Å². The first-order chi connectivity index (χ1) is 8.35. The highest BCUT2D eigenvalue weighted by Gasteiger charge is 2.36. The van der Waals surface area contributed by atoms with Crippen LogP contribution in [0.25, 0.3) is 0 Å². The van der Waals surface area contributed by atoms with Gasteiger partial charge in [0, 0.05) is 5.56 Å². The Bertz CT molecular complexity index is 435. The molecular formula is C11H14Cl3O3P. The van der Waals surface area contributed by atoms with Crippen molar-refractivity contribution in [3.8, 4) is 0 Å². The van der Waals surface area contributed by atoms with E-state index < -0.39 is 11.4 Å². The van der Waals surface area contributed by atoms with Gasteiger partial charge in [-0.25, -0.2) is 0 Å². The monoisotopic (exact) mass is 330 g/mol. The topological polar surface area (TPSA) is 35.5 Å². The SMILES string of the molecule is CCOP(=O)(OCC)c1ccccc1C(Cl)(Cl)Cl. The van der Waals surface area contributed by atoms with E-state index in [2.05, 4.69) is 0 Å². The predicted octanol–water partition coefficient (Wildman–Crippen LogP) is 4.40. The molecule has 1 rings (SSSR count). The molecule has 0 saturated carbocycles. The number of alkyl halides is 3. The summed E-state index contributed by atoms with van der Waals surface area (Å²) in [5.74, 6) is 0. The van der Waals surface area contributed by atoms with Crippen LogP contribution in [0.15, 0.2) is 24.3 Å². The maximum Gasteiger partial charge on any atom is 0.361 e. The van der Waals surface area contributed by atoms with Gasteiger partial charge in [-0.2, -0.15) is 0 Å². The molecule has 0 unspecified atom stereocenters. The number of hydrogen-bond donors (Lipinski definition) is 0. The molecule has 0 aliphatic carbocycles. The zero-order chi connectivity index (χ0) is 13.8. The van der Waals surface area contributed by atoms with E-state index in [9.17, 15) is 4.57 Å². The molecule has 0 N–H and O–H groups in total. The van der Waals surface area contributed by atoms with Crippen molar-refractivity contribution in [2.75, 3.05) is 13.2 Å².